The van der Waals surface area contributed by atoms with E-state index in [0.29, 0.717) is 32.9 Å². The summed E-state index contributed by atoms with van der Waals surface area (Å²) < 4.78 is 5.80. The van der Waals surface area contributed by atoms with E-state index in [0.717, 1.165) is 5.56 Å². The Kier molecular flexibility index (Phi) is 5.72. The molecule has 35 heavy (non-hydrogen) atoms. The highest BCUT2D eigenvalue weighted by Gasteiger charge is 2.24. The van der Waals surface area contributed by atoms with Crippen molar-refractivity contribution in [2.45, 2.75) is 6.92 Å². The van der Waals surface area contributed by atoms with Crippen molar-refractivity contribution in [3.8, 4) is 17.0 Å². The van der Waals surface area contributed by atoms with Crippen LogP contribution in [0.3, 0.4) is 0 Å². The van der Waals surface area contributed by atoms with Crippen molar-refractivity contribution in [1.82, 2.24) is 10.2 Å². The summed E-state index contributed by atoms with van der Waals surface area (Å²) in [5.41, 5.74) is 3.17. The Morgan fingerprint density at radius 2 is 1.74 bits per heavy atom. The molecule has 0 saturated heterocycles. The zero-order valence-corrected chi connectivity index (χ0v) is 19.2. The zero-order chi connectivity index (χ0) is 24.5. The van der Waals surface area contributed by atoms with E-state index in [1.165, 1.54) is 12.1 Å². The number of aryl methyl sites for hydroxylation is 1. The molecule has 2 amide bonds. The van der Waals surface area contributed by atoms with Crippen LogP contribution in [0.15, 0.2) is 77.2 Å². The third-order valence-electron chi connectivity index (χ3n) is 5.41. The number of anilines is 2. The second kappa shape index (κ2) is 9.00. The SMILES string of the molecule is Cc1ccc(NC(=O)c2oc3ccccc3c2NC(=O)c2cc(-c3cc(Cl)ccc3O)n[nH]2)cc1. The minimum atomic E-state index is -0.541. The van der Waals surface area contributed by atoms with Gasteiger partial charge >= 0.3 is 0 Å². The molecule has 2 aromatic heterocycles. The van der Waals surface area contributed by atoms with E-state index < -0.39 is 11.8 Å². The fraction of sp³-hybridized carbons (Fsp3) is 0.0385. The van der Waals surface area contributed by atoms with Crippen molar-refractivity contribution in [2.75, 3.05) is 10.6 Å². The van der Waals surface area contributed by atoms with Crippen LogP contribution in [0.25, 0.3) is 22.2 Å². The Hall–Kier alpha value is -4.56. The van der Waals surface area contributed by atoms with Crippen LogP contribution in [0.1, 0.15) is 26.6 Å². The number of aromatic amines is 1. The van der Waals surface area contributed by atoms with E-state index in [9.17, 15) is 14.7 Å². The highest BCUT2D eigenvalue weighted by molar-refractivity contribution is 6.31. The van der Waals surface area contributed by atoms with Gasteiger partial charge in [0.05, 0.1) is 5.69 Å². The van der Waals surface area contributed by atoms with Gasteiger partial charge in [-0.1, -0.05) is 41.4 Å². The Bertz CT molecular complexity index is 1570. The summed E-state index contributed by atoms with van der Waals surface area (Å²) in [5.74, 6) is -1.10. The number of fused-ring (bicyclic) bond motifs is 1. The van der Waals surface area contributed by atoms with Crippen LogP contribution in [0, 0.1) is 6.92 Å². The molecule has 0 aliphatic carbocycles. The zero-order valence-electron chi connectivity index (χ0n) is 18.4. The largest absolute Gasteiger partial charge is 0.507 e. The van der Waals surface area contributed by atoms with Gasteiger partial charge in [0.25, 0.3) is 11.8 Å². The molecule has 0 aliphatic rings. The number of H-pyrrole nitrogens is 1. The van der Waals surface area contributed by atoms with Gasteiger partial charge in [0, 0.05) is 21.7 Å². The lowest BCUT2D eigenvalue weighted by Gasteiger charge is -2.07. The summed E-state index contributed by atoms with van der Waals surface area (Å²) in [6.45, 7) is 1.95. The van der Waals surface area contributed by atoms with Crippen LogP contribution in [-0.4, -0.2) is 27.1 Å². The Morgan fingerprint density at radius 3 is 2.54 bits per heavy atom. The number of halogens is 1. The van der Waals surface area contributed by atoms with Crippen molar-refractivity contribution in [3.63, 3.8) is 0 Å². The molecule has 0 aliphatic heterocycles. The van der Waals surface area contributed by atoms with Gasteiger partial charge in [0.2, 0.25) is 5.76 Å². The van der Waals surface area contributed by atoms with Gasteiger partial charge in [-0.15, -0.1) is 0 Å². The first-order chi connectivity index (χ1) is 16.9. The van der Waals surface area contributed by atoms with Gasteiger partial charge in [0.15, 0.2) is 0 Å². The second-order valence-electron chi connectivity index (χ2n) is 7.90. The molecule has 0 radical (unpaired) electrons. The number of rotatable bonds is 5. The average molecular weight is 487 g/mol. The lowest BCUT2D eigenvalue weighted by atomic mass is 10.1. The normalized spacial score (nSPS) is 10.9. The van der Waals surface area contributed by atoms with Gasteiger partial charge in [-0.2, -0.15) is 5.10 Å². The number of benzene rings is 3. The number of nitrogens with one attached hydrogen (secondary N) is 3. The third kappa shape index (κ3) is 4.47. The smallest absolute Gasteiger partial charge is 0.293 e. The molecule has 0 atom stereocenters. The number of carbonyl (C=O) groups is 2. The Balaban J connectivity index is 1.45. The molecule has 2 heterocycles. The Morgan fingerprint density at radius 1 is 0.971 bits per heavy atom. The molecule has 4 N–H and O–H groups in total. The van der Waals surface area contributed by atoms with Crippen molar-refractivity contribution < 1.29 is 19.1 Å². The quantitative estimate of drug-likeness (QED) is 0.243. The number of para-hydroxylation sites is 1. The predicted molar refractivity (Wildman–Crippen MR) is 134 cm³/mol. The Labute approximate surface area is 204 Å². The van der Waals surface area contributed by atoms with Crippen LogP contribution in [0.4, 0.5) is 11.4 Å². The summed E-state index contributed by atoms with van der Waals surface area (Å²) >= 11 is 6.02. The first-order valence-electron chi connectivity index (χ1n) is 10.6. The van der Waals surface area contributed by atoms with Gasteiger partial charge in [0.1, 0.15) is 22.7 Å². The molecule has 0 fully saturated rings. The topological polar surface area (TPSA) is 120 Å². The number of phenolic OH excluding ortho intramolecular Hbond substituents is 1. The number of aromatic nitrogens is 2. The van der Waals surface area contributed by atoms with Crippen molar-refractivity contribution in [3.05, 3.63) is 94.8 Å². The monoisotopic (exact) mass is 486 g/mol. The maximum atomic E-state index is 13.1. The first-order valence-corrected chi connectivity index (χ1v) is 11.0. The molecule has 5 aromatic rings. The van der Waals surface area contributed by atoms with E-state index >= 15 is 0 Å². The van der Waals surface area contributed by atoms with Crippen molar-refractivity contribution in [1.29, 1.82) is 0 Å². The summed E-state index contributed by atoms with van der Waals surface area (Å²) in [6.07, 6.45) is 0. The fourth-order valence-corrected chi connectivity index (χ4v) is 3.80. The number of nitrogens with zero attached hydrogens (tertiary/aromatic N) is 1. The van der Waals surface area contributed by atoms with Gasteiger partial charge in [-0.25, -0.2) is 0 Å². The molecule has 174 valence electrons. The summed E-state index contributed by atoms with van der Waals surface area (Å²) in [7, 11) is 0. The lowest BCUT2D eigenvalue weighted by Crippen LogP contribution is -2.17. The molecule has 5 rings (SSSR count). The second-order valence-corrected chi connectivity index (χ2v) is 8.34. The number of hydrogen-bond donors (Lipinski definition) is 4. The molecule has 0 unspecified atom stereocenters. The lowest BCUT2D eigenvalue weighted by molar-refractivity contribution is 0.0999. The standard InChI is InChI=1S/C26H19ClN4O4/c1-14-6-9-16(10-7-14)28-26(34)24-23(17-4-2-3-5-22(17)35-24)29-25(33)20-13-19(30-31-20)18-12-15(27)8-11-21(18)32/h2-13,32H,1H3,(H,28,34)(H,29,33)(H,30,31). The van der Waals surface area contributed by atoms with Crippen molar-refractivity contribution >= 4 is 45.8 Å². The third-order valence-corrected chi connectivity index (χ3v) is 5.64. The van der Waals surface area contributed by atoms with Gasteiger partial charge in [-0.05, 0) is 55.5 Å². The molecular weight excluding hydrogens is 468 g/mol. The van der Waals surface area contributed by atoms with E-state index in [4.69, 9.17) is 16.0 Å². The molecule has 0 bridgehead atoms. The number of hydrogen-bond acceptors (Lipinski definition) is 5. The number of aromatic hydroxyl groups is 1. The summed E-state index contributed by atoms with van der Waals surface area (Å²) in [6, 6.07) is 20.4. The van der Waals surface area contributed by atoms with Crippen LogP contribution in [-0.2, 0) is 0 Å². The highest BCUT2D eigenvalue weighted by Crippen LogP contribution is 2.33. The van der Waals surface area contributed by atoms with Gasteiger partial charge < -0.3 is 20.2 Å². The van der Waals surface area contributed by atoms with Crippen LogP contribution in [0.5, 0.6) is 5.75 Å². The molecule has 0 saturated carbocycles. The molecule has 3 aromatic carbocycles. The number of phenols is 1. The maximum absolute atomic E-state index is 13.1. The number of carbonyl (C=O) groups excluding carboxylic acids is 2. The van der Waals surface area contributed by atoms with Gasteiger partial charge in [-0.3, -0.25) is 14.7 Å². The van der Waals surface area contributed by atoms with Crippen LogP contribution in [0.2, 0.25) is 5.02 Å². The molecular formula is C26H19ClN4O4. The first kappa shape index (κ1) is 22.2. The van der Waals surface area contributed by atoms with Crippen molar-refractivity contribution in [2.24, 2.45) is 0 Å². The summed E-state index contributed by atoms with van der Waals surface area (Å²) in [4.78, 5) is 26.1. The molecule has 0 spiro atoms. The maximum Gasteiger partial charge on any atom is 0.293 e. The fourth-order valence-electron chi connectivity index (χ4n) is 3.62. The number of furan rings is 1. The number of amides is 2. The van der Waals surface area contributed by atoms with E-state index in [-0.39, 0.29) is 22.9 Å². The van der Waals surface area contributed by atoms with E-state index in [1.54, 1.807) is 48.5 Å². The average Bonchev–Trinajstić information content (AvgIpc) is 3.48. The highest BCUT2D eigenvalue weighted by atomic mass is 35.5. The molecule has 8 nitrogen and oxygen atoms in total. The van der Waals surface area contributed by atoms with Crippen LogP contribution >= 0.6 is 11.6 Å². The van der Waals surface area contributed by atoms with E-state index in [2.05, 4.69) is 20.8 Å². The van der Waals surface area contributed by atoms with Crippen LogP contribution < -0.4 is 10.6 Å². The molecule has 9 heteroatoms. The summed E-state index contributed by atoms with van der Waals surface area (Å²) in [5, 5.41) is 23.4. The predicted octanol–water partition coefficient (Wildman–Crippen LogP) is 5.99. The minimum absolute atomic E-state index is 0.0243. The van der Waals surface area contributed by atoms with E-state index in [1.807, 2.05) is 19.1 Å². The minimum Gasteiger partial charge on any atom is -0.507 e.